The van der Waals surface area contributed by atoms with Crippen LogP contribution in [0.15, 0.2) is 24.3 Å². The molecule has 0 N–H and O–H groups in total. The summed E-state index contributed by atoms with van der Waals surface area (Å²) in [7, 11) is 0. The van der Waals surface area contributed by atoms with Crippen molar-refractivity contribution in [2.45, 2.75) is 120 Å². The second-order valence-electron chi connectivity index (χ2n) is 15.5. The number of allylic oxidation sites excluding steroid dienone is 3. The van der Waals surface area contributed by atoms with E-state index >= 15 is 0 Å². The van der Waals surface area contributed by atoms with Crippen LogP contribution >= 0.6 is 0 Å². The van der Waals surface area contributed by atoms with Crippen molar-refractivity contribution in [2.24, 2.45) is 68.5 Å². The fourth-order valence-corrected chi connectivity index (χ4v) is 12.8. The van der Waals surface area contributed by atoms with Gasteiger partial charge in [0, 0.05) is 0 Å². The minimum atomic E-state index is 0. The second kappa shape index (κ2) is 7.51. The molecule has 0 aromatic carbocycles. The molecule has 11 unspecified atom stereocenters. The summed E-state index contributed by atoms with van der Waals surface area (Å²) in [6.45, 7) is 23.3. The van der Waals surface area contributed by atoms with E-state index in [-0.39, 0.29) is 7.43 Å². The molecule has 0 spiro atoms. The van der Waals surface area contributed by atoms with Gasteiger partial charge < -0.3 is 0 Å². The van der Waals surface area contributed by atoms with Crippen LogP contribution < -0.4 is 0 Å². The predicted octanol–water partition coefficient (Wildman–Crippen LogP) is 10.1. The summed E-state index contributed by atoms with van der Waals surface area (Å²) in [5.74, 6) is 6.19. The zero-order valence-corrected chi connectivity index (χ0v) is 23.0. The fraction of sp³-hybridized carbons (Fsp3) is 0.882. The van der Waals surface area contributed by atoms with Gasteiger partial charge in [0.15, 0.2) is 0 Å². The van der Waals surface area contributed by atoms with Crippen LogP contribution in [0.25, 0.3) is 0 Å². The highest BCUT2D eigenvalue weighted by Crippen LogP contribution is 2.80. The Morgan fingerprint density at radius 3 is 2.26 bits per heavy atom. The van der Waals surface area contributed by atoms with E-state index in [0.717, 1.165) is 41.4 Å². The molecule has 0 saturated heterocycles. The molecule has 6 aliphatic carbocycles. The minimum Gasteiger partial charge on any atom is -0.0996 e. The van der Waals surface area contributed by atoms with Crippen molar-refractivity contribution < 1.29 is 0 Å². The van der Waals surface area contributed by atoms with Gasteiger partial charge in [-0.2, -0.15) is 0 Å². The molecular weight excluding hydrogens is 408 g/mol. The van der Waals surface area contributed by atoms with Crippen LogP contribution in [0.3, 0.4) is 0 Å². The minimum absolute atomic E-state index is 0. The molecule has 11 atom stereocenters. The number of fused-ring (bicyclic) bond motifs is 4. The van der Waals surface area contributed by atoms with Crippen molar-refractivity contribution in [2.75, 3.05) is 0 Å². The molecule has 0 bridgehead atoms. The van der Waals surface area contributed by atoms with E-state index in [1.807, 2.05) is 0 Å². The number of hydrogen-bond donors (Lipinski definition) is 0. The van der Waals surface area contributed by atoms with E-state index in [4.69, 9.17) is 6.58 Å². The van der Waals surface area contributed by atoms with Gasteiger partial charge in [-0.15, -0.1) is 0 Å². The first-order valence-electron chi connectivity index (χ1n) is 14.8. The molecule has 192 valence electrons. The summed E-state index contributed by atoms with van der Waals surface area (Å²) in [5.41, 5.74) is 4.19. The van der Waals surface area contributed by atoms with E-state index < -0.39 is 0 Å². The summed E-state index contributed by atoms with van der Waals surface area (Å²) >= 11 is 0. The molecule has 0 radical (unpaired) electrons. The van der Waals surface area contributed by atoms with Crippen LogP contribution in [0.5, 0.6) is 0 Å². The van der Waals surface area contributed by atoms with Gasteiger partial charge in [-0.05, 0) is 140 Å². The van der Waals surface area contributed by atoms with Crippen molar-refractivity contribution in [1.82, 2.24) is 0 Å². The fourth-order valence-electron chi connectivity index (χ4n) is 12.8. The van der Waals surface area contributed by atoms with E-state index in [1.54, 1.807) is 5.57 Å². The lowest BCUT2D eigenvalue weighted by molar-refractivity contribution is -0.258. The van der Waals surface area contributed by atoms with Crippen LogP contribution in [0.1, 0.15) is 120 Å². The molecule has 6 saturated carbocycles. The lowest BCUT2D eigenvalue weighted by Gasteiger charge is -2.75. The Labute approximate surface area is 212 Å². The maximum atomic E-state index is 4.77. The average Bonchev–Trinajstić information content (AvgIpc) is 3.13. The Balaban J connectivity index is 0.00000241. The van der Waals surface area contributed by atoms with E-state index in [0.29, 0.717) is 27.1 Å². The predicted molar refractivity (Wildman–Crippen MR) is 147 cm³/mol. The zero-order valence-electron chi connectivity index (χ0n) is 23.0. The third-order valence-corrected chi connectivity index (χ3v) is 14.7. The standard InChI is InChI=1S/C33H52.CH4/c1-9-13-33-16-11-24-21(2)19-23-20-26-30(6)14-10-22(3)29(4,5)25(30)12-15-31(26,7)32(8,17-18-33)27(23)28(24)33;/h9,13,22-28H,2,10-12,14-20H2,1,3-8H3;1H4. The molecule has 0 heterocycles. The second-order valence-corrected chi connectivity index (χ2v) is 15.5. The maximum absolute atomic E-state index is 4.77. The Hall–Kier alpha value is -0.520. The van der Waals surface area contributed by atoms with E-state index in [1.165, 1.54) is 64.2 Å². The molecule has 6 rings (SSSR count). The lowest BCUT2D eigenvalue weighted by Crippen LogP contribution is -2.68. The first-order chi connectivity index (χ1) is 15.4. The summed E-state index contributed by atoms with van der Waals surface area (Å²) in [6, 6.07) is 0. The lowest BCUT2D eigenvalue weighted by atomic mass is 9.29. The molecule has 6 fully saturated rings. The van der Waals surface area contributed by atoms with Gasteiger partial charge in [-0.25, -0.2) is 0 Å². The summed E-state index contributed by atoms with van der Waals surface area (Å²) in [5, 5.41) is 0. The average molecular weight is 465 g/mol. The van der Waals surface area contributed by atoms with Crippen molar-refractivity contribution >= 4 is 0 Å². The molecule has 0 amide bonds. The van der Waals surface area contributed by atoms with Crippen LogP contribution in [-0.2, 0) is 0 Å². The Bertz CT molecular complexity index is 876. The van der Waals surface area contributed by atoms with Crippen molar-refractivity contribution in [1.29, 1.82) is 0 Å². The molecule has 34 heavy (non-hydrogen) atoms. The first kappa shape index (κ1) is 25.1. The van der Waals surface area contributed by atoms with Crippen LogP contribution in [-0.4, -0.2) is 0 Å². The van der Waals surface area contributed by atoms with Gasteiger partial charge in [0.1, 0.15) is 0 Å². The molecule has 0 heteroatoms. The molecule has 0 nitrogen and oxygen atoms in total. The van der Waals surface area contributed by atoms with Gasteiger partial charge in [0.2, 0.25) is 0 Å². The van der Waals surface area contributed by atoms with Gasteiger partial charge in [-0.3, -0.25) is 0 Å². The van der Waals surface area contributed by atoms with Crippen molar-refractivity contribution in [3.63, 3.8) is 0 Å². The quantitative estimate of drug-likeness (QED) is 0.338. The summed E-state index contributed by atoms with van der Waals surface area (Å²) in [6.07, 6.45) is 19.6. The van der Waals surface area contributed by atoms with Gasteiger partial charge in [0.25, 0.3) is 0 Å². The van der Waals surface area contributed by atoms with Crippen LogP contribution in [0.2, 0.25) is 0 Å². The molecule has 0 aromatic heterocycles. The number of hydrogen-bond acceptors (Lipinski definition) is 0. The Morgan fingerprint density at radius 1 is 0.824 bits per heavy atom. The topological polar surface area (TPSA) is 0 Å². The first-order valence-corrected chi connectivity index (χ1v) is 14.8. The van der Waals surface area contributed by atoms with Crippen LogP contribution in [0.4, 0.5) is 0 Å². The summed E-state index contributed by atoms with van der Waals surface area (Å²) in [4.78, 5) is 0. The Morgan fingerprint density at radius 2 is 1.56 bits per heavy atom. The zero-order chi connectivity index (χ0) is 23.6. The van der Waals surface area contributed by atoms with Gasteiger partial charge in [-0.1, -0.05) is 73.3 Å². The SMILES string of the molecule is C.C=C1CC2CC3C4(C)CCC(C)C(C)(C)C4CCC3(C)C3(C)CCC4(C=CC)CCC1C4C23. The third kappa shape index (κ3) is 2.73. The maximum Gasteiger partial charge on any atom is -0.00810 e. The van der Waals surface area contributed by atoms with Crippen molar-refractivity contribution in [3.8, 4) is 0 Å². The molecule has 6 aliphatic rings. The largest absolute Gasteiger partial charge is 0.0996 e. The third-order valence-electron chi connectivity index (χ3n) is 14.7. The molecule has 0 aromatic rings. The summed E-state index contributed by atoms with van der Waals surface area (Å²) < 4.78 is 0. The van der Waals surface area contributed by atoms with E-state index in [9.17, 15) is 0 Å². The number of rotatable bonds is 1. The smallest absolute Gasteiger partial charge is 0.00810 e. The van der Waals surface area contributed by atoms with E-state index in [2.05, 4.69) is 60.6 Å². The monoisotopic (exact) mass is 464 g/mol. The molecule has 0 aliphatic heterocycles. The van der Waals surface area contributed by atoms with Gasteiger partial charge >= 0.3 is 0 Å². The molecular formula is C34H56. The highest BCUT2D eigenvalue weighted by atomic mass is 14.8. The normalized spacial score (nSPS) is 57.4. The highest BCUT2D eigenvalue weighted by Gasteiger charge is 2.73. The van der Waals surface area contributed by atoms with Crippen molar-refractivity contribution in [3.05, 3.63) is 24.3 Å². The van der Waals surface area contributed by atoms with Gasteiger partial charge in [0.05, 0.1) is 0 Å². The Kier molecular flexibility index (Phi) is 5.55. The van der Waals surface area contributed by atoms with Crippen LogP contribution in [0, 0.1) is 68.5 Å². The highest BCUT2D eigenvalue weighted by molar-refractivity contribution is 5.29.